The highest BCUT2D eigenvalue weighted by atomic mass is 16.6. The van der Waals surface area contributed by atoms with Crippen LogP contribution in [0.5, 0.6) is 11.5 Å². The van der Waals surface area contributed by atoms with E-state index in [-0.39, 0.29) is 23.5 Å². The van der Waals surface area contributed by atoms with Crippen LogP contribution in [0.3, 0.4) is 0 Å². The van der Waals surface area contributed by atoms with Crippen molar-refractivity contribution in [3.8, 4) is 11.5 Å². The van der Waals surface area contributed by atoms with Gasteiger partial charge in [0, 0.05) is 12.3 Å². The number of fused-ring (bicyclic) bond motifs is 1. The summed E-state index contributed by atoms with van der Waals surface area (Å²) in [5, 5.41) is 13.8. The van der Waals surface area contributed by atoms with Crippen molar-refractivity contribution in [2.45, 2.75) is 6.54 Å². The minimum atomic E-state index is -0.617. The molecule has 8 heteroatoms. The topological polar surface area (TPSA) is 104 Å². The van der Waals surface area contributed by atoms with Crippen LogP contribution in [-0.4, -0.2) is 29.0 Å². The van der Waals surface area contributed by atoms with Gasteiger partial charge in [0.2, 0.25) is 0 Å². The molecule has 1 amide bonds. The first-order valence-electron chi connectivity index (χ1n) is 6.91. The summed E-state index contributed by atoms with van der Waals surface area (Å²) in [5.41, 5.74) is 0.254. The van der Waals surface area contributed by atoms with E-state index in [4.69, 9.17) is 9.47 Å². The normalized spacial score (nSPS) is 12.5. The van der Waals surface area contributed by atoms with E-state index in [1.165, 1.54) is 12.1 Å². The number of pyridine rings is 1. The first-order valence-corrected chi connectivity index (χ1v) is 6.91. The molecule has 2 aromatic rings. The molecule has 1 N–H and O–H groups in total. The Labute approximate surface area is 131 Å². The van der Waals surface area contributed by atoms with Gasteiger partial charge in [0.25, 0.3) is 11.6 Å². The number of aromatic nitrogens is 1. The number of benzene rings is 1. The lowest BCUT2D eigenvalue weighted by atomic mass is 10.1. The predicted octanol–water partition coefficient (Wildman–Crippen LogP) is 1.69. The monoisotopic (exact) mass is 315 g/mol. The van der Waals surface area contributed by atoms with Crippen LogP contribution in [0.1, 0.15) is 16.1 Å². The van der Waals surface area contributed by atoms with Crippen molar-refractivity contribution >= 4 is 11.6 Å². The third-order valence-corrected chi connectivity index (χ3v) is 3.26. The smallest absolute Gasteiger partial charge is 0.286 e. The van der Waals surface area contributed by atoms with Gasteiger partial charge in [0.1, 0.15) is 18.8 Å². The van der Waals surface area contributed by atoms with Gasteiger partial charge >= 0.3 is 0 Å². The summed E-state index contributed by atoms with van der Waals surface area (Å²) in [7, 11) is 0. The number of carbonyl (C=O) groups excluding carboxylic acids is 1. The Bertz CT molecular complexity index is 748. The van der Waals surface area contributed by atoms with Crippen molar-refractivity contribution in [3.05, 3.63) is 57.9 Å². The molecular formula is C15H13N3O5. The summed E-state index contributed by atoms with van der Waals surface area (Å²) in [6, 6.07) is 7.85. The van der Waals surface area contributed by atoms with Crippen molar-refractivity contribution in [1.82, 2.24) is 10.3 Å². The molecule has 0 saturated heterocycles. The van der Waals surface area contributed by atoms with Crippen LogP contribution in [-0.2, 0) is 6.54 Å². The number of nitro benzene ring substituents is 1. The van der Waals surface area contributed by atoms with Gasteiger partial charge in [-0.25, -0.2) is 0 Å². The maximum atomic E-state index is 12.3. The Morgan fingerprint density at radius 3 is 2.65 bits per heavy atom. The summed E-state index contributed by atoms with van der Waals surface area (Å²) in [6.07, 6.45) is 1.61. The van der Waals surface area contributed by atoms with Gasteiger partial charge in [0.15, 0.2) is 11.5 Å². The number of amides is 1. The zero-order chi connectivity index (χ0) is 16.2. The maximum absolute atomic E-state index is 12.3. The zero-order valence-electron chi connectivity index (χ0n) is 12.0. The largest absolute Gasteiger partial charge is 0.486 e. The Balaban J connectivity index is 1.85. The molecular weight excluding hydrogens is 302 g/mol. The van der Waals surface area contributed by atoms with E-state index in [0.717, 1.165) is 0 Å². The molecule has 118 valence electrons. The number of nitrogens with one attached hydrogen (secondary N) is 1. The molecule has 23 heavy (non-hydrogen) atoms. The van der Waals surface area contributed by atoms with E-state index in [1.807, 2.05) is 0 Å². The highest BCUT2D eigenvalue weighted by Crippen LogP contribution is 2.36. The Hall–Kier alpha value is -3.16. The second kappa shape index (κ2) is 6.30. The molecule has 0 atom stereocenters. The number of hydrogen-bond donors (Lipinski definition) is 1. The first-order chi connectivity index (χ1) is 11.1. The third kappa shape index (κ3) is 3.20. The molecule has 8 nitrogen and oxygen atoms in total. The van der Waals surface area contributed by atoms with E-state index in [1.54, 1.807) is 24.4 Å². The van der Waals surface area contributed by atoms with E-state index in [9.17, 15) is 14.9 Å². The van der Waals surface area contributed by atoms with Gasteiger partial charge in [-0.15, -0.1) is 0 Å². The fourth-order valence-corrected chi connectivity index (χ4v) is 2.18. The average molecular weight is 315 g/mol. The van der Waals surface area contributed by atoms with Gasteiger partial charge in [-0.1, -0.05) is 6.07 Å². The molecule has 1 aromatic carbocycles. The second-order valence-electron chi connectivity index (χ2n) is 4.77. The van der Waals surface area contributed by atoms with Gasteiger partial charge in [-0.05, 0) is 12.1 Å². The molecule has 1 aromatic heterocycles. The van der Waals surface area contributed by atoms with E-state index in [2.05, 4.69) is 10.3 Å². The van der Waals surface area contributed by atoms with Gasteiger partial charge in [-0.2, -0.15) is 0 Å². The molecule has 1 aliphatic heterocycles. The molecule has 0 fully saturated rings. The molecule has 0 radical (unpaired) electrons. The van der Waals surface area contributed by atoms with Crippen molar-refractivity contribution < 1.29 is 19.2 Å². The molecule has 1 aliphatic rings. The van der Waals surface area contributed by atoms with Crippen LogP contribution in [0.15, 0.2) is 36.5 Å². The Morgan fingerprint density at radius 2 is 2.00 bits per heavy atom. The minimum Gasteiger partial charge on any atom is -0.486 e. The van der Waals surface area contributed by atoms with Crippen molar-refractivity contribution in [3.63, 3.8) is 0 Å². The lowest BCUT2D eigenvalue weighted by Gasteiger charge is -2.18. The number of nitro groups is 1. The van der Waals surface area contributed by atoms with Crippen molar-refractivity contribution in [2.75, 3.05) is 13.2 Å². The Morgan fingerprint density at radius 1 is 1.26 bits per heavy atom. The van der Waals surface area contributed by atoms with E-state index in [0.29, 0.717) is 24.7 Å². The van der Waals surface area contributed by atoms with Crippen LogP contribution in [0.2, 0.25) is 0 Å². The fraction of sp³-hybridized carbons (Fsp3) is 0.200. The number of hydrogen-bond acceptors (Lipinski definition) is 6. The predicted molar refractivity (Wildman–Crippen MR) is 79.5 cm³/mol. The molecule has 2 heterocycles. The molecule has 3 rings (SSSR count). The number of carbonyl (C=O) groups is 1. The summed E-state index contributed by atoms with van der Waals surface area (Å²) in [6.45, 7) is 0.820. The quantitative estimate of drug-likeness (QED) is 0.680. The summed E-state index contributed by atoms with van der Waals surface area (Å²) < 4.78 is 10.7. The molecule has 0 saturated carbocycles. The second-order valence-corrected chi connectivity index (χ2v) is 4.77. The summed E-state index contributed by atoms with van der Waals surface area (Å²) in [4.78, 5) is 27.0. The summed E-state index contributed by atoms with van der Waals surface area (Å²) >= 11 is 0. The molecule has 0 spiro atoms. The van der Waals surface area contributed by atoms with Gasteiger partial charge < -0.3 is 14.8 Å². The zero-order valence-corrected chi connectivity index (χ0v) is 12.0. The van der Waals surface area contributed by atoms with Crippen molar-refractivity contribution in [1.29, 1.82) is 0 Å². The lowest BCUT2D eigenvalue weighted by molar-refractivity contribution is -0.385. The standard InChI is InChI=1S/C15H13N3O5/c19-15(17-9-10-3-1-2-4-16-10)11-7-13-14(23-6-5-22-13)8-12(11)18(20)21/h1-4,7-8H,5-6,9H2,(H,17,19). The van der Waals surface area contributed by atoms with Crippen LogP contribution in [0, 0.1) is 10.1 Å². The summed E-state index contributed by atoms with van der Waals surface area (Å²) in [5.74, 6) is 0.0217. The minimum absolute atomic E-state index is 0.0739. The number of rotatable bonds is 4. The van der Waals surface area contributed by atoms with Crippen molar-refractivity contribution in [2.24, 2.45) is 0 Å². The van der Waals surface area contributed by atoms with Crippen LogP contribution >= 0.6 is 0 Å². The van der Waals surface area contributed by atoms with E-state index < -0.39 is 10.8 Å². The molecule has 0 aliphatic carbocycles. The highest BCUT2D eigenvalue weighted by Gasteiger charge is 2.26. The maximum Gasteiger partial charge on any atom is 0.286 e. The number of ether oxygens (including phenoxy) is 2. The van der Waals surface area contributed by atoms with Crippen LogP contribution in [0.4, 0.5) is 5.69 Å². The fourth-order valence-electron chi connectivity index (χ4n) is 2.18. The SMILES string of the molecule is O=C(NCc1ccccn1)c1cc2c(cc1[N+](=O)[O-])OCCO2. The third-order valence-electron chi connectivity index (χ3n) is 3.26. The molecule has 0 unspecified atom stereocenters. The van der Waals surface area contributed by atoms with Gasteiger partial charge in [0.05, 0.1) is 23.2 Å². The lowest BCUT2D eigenvalue weighted by Crippen LogP contribution is -2.25. The first kappa shape index (κ1) is 14.8. The highest BCUT2D eigenvalue weighted by molar-refractivity contribution is 5.99. The Kier molecular flexibility index (Phi) is 4.05. The average Bonchev–Trinajstić information content (AvgIpc) is 2.59. The molecule has 0 bridgehead atoms. The van der Waals surface area contributed by atoms with E-state index >= 15 is 0 Å². The van der Waals surface area contributed by atoms with Gasteiger partial charge in [-0.3, -0.25) is 19.9 Å². The number of nitrogens with zero attached hydrogens (tertiary/aromatic N) is 2. The van der Waals surface area contributed by atoms with Crippen LogP contribution in [0.25, 0.3) is 0 Å². The van der Waals surface area contributed by atoms with Crippen LogP contribution < -0.4 is 14.8 Å².